The molecular weight excluding hydrogens is 294 g/mol. The van der Waals surface area contributed by atoms with Crippen molar-refractivity contribution < 1.29 is 0 Å². The van der Waals surface area contributed by atoms with Gasteiger partial charge in [0.25, 0.3) is 0 Å². The molecule has 0 aliphatic rings. The molecule has 0 spiro atoms. The summed E-state index contributed by atoms with van der Waals surface area (Å²) in [4.78, 5) is 7.89. The molecule has 0 atom stereocenters. The highest BCUT2D eigenvalue weighted by Crippen LogP contribution is 2.28. The molecule has 6 heteroatoms. The fraction of sp³-hybridized carbons (Fsp3) is 0.0833. The van der Waals surface area contributed by atoms with E-state index in [1.807, 2.05) is 31.2 Å². The molecule has 5 nitrogen and oxygen atoms in total. The van der Waals surface area contributed by atoms with Crippen LogP contribution in [0.4, 0.5) is 11.8 Å². The van der Waals surface area contributed by atoms with E-state index in [4.69, 9.17) is 16.7 Å². The first kappa shape index (κ1) is 12.3. The van der Waals surface area contributed by atoms with Gasteiger partial charge < -0.3 is 11.5 Å². The molecule has 0 amide bonds. The van der Waals surface area contributed by atoms with Crippen molar-refractivity contribution in [2.45, 2.75) is 6.92 Å². The van der Waals surface area contributed by atoms with E-state index in [1.165, 1.54) is 0 Å². The van der Waals surface area contributed by atoms with E-state index < -0.39 is 0 Å². The predicted molar refractivity (Wildman–Crippen MR) is 73.4 cm³/mol. The molecule has 90 valence electrons. The lowest BCUT2D eigenvalue weighted by Crippen LogP contribution is -2.05. The molecule has 0 fully saturated rings. The maximum atomic E-state index is 9.13. The van der Waals surface area contributed by atoms with Gasteiger partial charge in [-0.05, 0) is 30.7 Å². The van der Waals surface area contributed by atoms with Crippen LogP contribution in [0.15, 0.2) is 22.7 Å². The number of nitrogens with zero attached hydrogens (tertiary/aromatic N) is 3. The summed E-state index contributed by atoms with van der Waals surface area (Å²) in [6.07, 6.45) is 0. The Hall–Kier alpha value is -2.13. The lowest BCUT2D eigenvalue weighted by Gasteiger charge is -2.08. The third-order valence-electron chi connectivity index (χ3n) is 2.38. The highest BCUT2D eigenvalue weighted by molar-refractivity contribution is 9.10. The zero-order valence-electron chi connectivity index (χ0n) is 9.61. The number of hydrogen-bond acceptors (Lipinski definition) is 5. The van der Waals surface area contributed by atoms with Crippen molar-refractivity contribution >= 4 is 27.7 Å². The smallest absolute Gasteiger partial charge is 0.222 e. The van der Waals surface area contributed by atoms with E-state index in [-0.39, 0.29) is 17.3 Å². The van der Waals surface area contributed by atoms with Gasteiger partial charge in [-0.25, -0.2) is 4.98 Å². The molecule has 0 saturated carbocycles. The minimum atomic E-state index is 0.0547. The Morgan fingerprint density at radius 1 is 1.22 bits per heavy atom. The maximum Gasteiger partial charge on any atom is 0.222 e. The van der Waals surface area contributed by atoms with Crippen molar-refractivity contribution in [2.75, 3.05) is 11.5 Å². The number of nitriles is 1. The average Bonchev–Trinajstić information content (AvgIpc) is 2.26. The molecule has 0 aliphatic heterocycles. The number of rotatable bonds is 1. The second kappa shape index (κ2) is 4.63. The zero-order chi connectivity index (χ0) is 13.3. The maximum absolute atomic E-state index is 9.13. The van der Waals surface area contributed by atoms with Crippen LogP contribution in [0.5, 0.6) is 0 Å². The van der Waals surface area contributed by atoms with Crippen LogP contribution in [0, 0.1) is 18.3 Å². The quantitative estimate of drug-likeness (QED) is 0.841. The molecule has 1 aromatic carbocycles. The van der Waals surface area contributed by atoms with Gasteiger partial charge >= 0.3 is 0 Å². The third kappa shape index (κ3) is 2.26. The number of nitrogens with two attached hydrogens (primary N) is 2. The largest absolute Gasteiger partial charge is 0.382 e. The van der Waals surface area contributed by atoms with E-state index in [1.54, 1.807) is 0 Å². The summed E-state index contributed by atoms with van der Waals surface area (Å²) < 4.78 is 0.900. The number of aromatic nitrogens is 2. The van der Waals surface area contributed by atoms with Gasteiger partial charge in [-0.1, -0.05) is 15.9 Å². The van der Waals surface area contributed by atoms with Crippen molar-refractivity contribution in [3.05, 3.63) is 33.8 Å². The van der Waals surface area contributed by atoms with Crippen LogP contribution in [0.2, 0.25) is 0 Å². The van der Waals surface area contributed by atoms with Crippen molar-refractivity contribution in [1.29, 1.82) is 5.26 Å². The first-order valence-corrected chi connectivity index (χ1v) is 5.91. The van der Waals surface area contributed by atoms with Crippen LogP contribution in [-0.2, 0) is 0 Å². The lowest BCUT2D eigenvalue weighted by atomic mass is 10.0. The first-order valence-electron chi connectivity index (χ1n) is 5.12. The van der Waals surface area contributed by atoms with Crippen LogP contribution in [0.3, 0.4) is 0 Å². The summed E-state index contributed by atoms with van der Waals surface area (Å²) >= 11 is 3.40. The first-order chi connectivity index (χ1) is 8.51. The monoisotopic (exact) mass is 303 g/mol. The minimum absolute atomic E-state index is 0.0547. The number of anilines is 2. The Bertz CT molecular complexity index is 640. The van der Waals surface area contributed by atoms with Gasteiger partial charge in [-0.2, -0.15) is 10.2 Å². The number of aryl methyl sites for hydroxylation is 1. The lowest BCUT2D eigenvalue weighted by molar-refractivity contribution is 1.18. The summed E-state index contributed by atoms with van der Waals surface area (Å²) in [5, 5.41) is 9.13. The van der Waals surface area contributed by atoms with E-state index in [0.717, 1.165) is 15.6 Å². The molecule has 2 aromatic rings. The highest BCUT2D eigenvalue weighted by atomic mass is 79.9. The minimum Gasteiger partial charge on any atom is -0.382 e. The summed E-state index contributed by atoms with van der Waals surface area (Å²) in [7, 11) is 0. The predicted octanol–water partition coefficient (Wildman–Crippen LogP) is 2.25. The Labute approximate surface area is 113 Å². The van der Waals surface area contributed by atoms with Crippen molar-refractivity contribution in [1.82, 2.24) is 9.97 Å². The molecule has 1 aromatic heterocycles. The molecule has 0 unspecified atom stereocenters. The summed E-state index contributed by atoms with van der Waals surface area (Å²) in [5.41, 5.74) is 13.8. The van der Waals surface area contributed by atoms with Gasteiger partial charge in [0.15, 0.2) is 0 Å². The van der Waals surface area contributed by atoms with Crippen molar-refractivity contribution in [3.63, 3.8) is 0 Å². The molecule has 0 saturated heterocycles. The highest BCUT2D eigenvalue weighted by Gasteiger charge is 2.13. The second-order valence-corrected chi connectivity index (χ2v) is 4.74. The van der Waals surface area contributed by atoms with E-state index in [0.29, 0.717) is 5.69 Å². The van der Waals surface area contributed by atoms with Gasteiger partial charge in [0.1, 0.15) is 17.5 Å². The van der Waals surface area contributed by atoms with Crippen LogP contribution in [-0.4, -0.2) is 9.97 Å². The number of nitrogen functional groups attached to an aromatic ring is 2. The average molecular weight is 304 g/mol. The van der Waals surface area contributed by atoms with E-state index in [9.17, 15) is 0 Å². The van der Waals surface area contributed by atoms with Gasteiger partial charge in [-0.3, -0.25) is 0 Å². The number of benzene rings is 1. The van der Waals surface area contributed by atoms with Crippen LogP contribution < -0.4 is 11.5 Å². The van der Waals surface area contributed by atoms with E-state index in [2.05, 4.69) is 25.9 Å². The number of halogens is 1. The van der Waals surface area contributed by atoms with Crippen LogP contribution in [0.25, 0.3) is 11.3 Å². The van der Waals surface area contributed by atoms with E-state index >= 15 is 0 Å². The molecule has 1 heterocycles. The number of hydrogen-bond donors (Lipinski definition) is 2. The third-order valence-corrected chi connectivity index (χ3v) is 2.84. The van der Waals surface area contributed by atoms with Crippen LogP contribution >= 0.6 is 15.9 Å². The molecule has 0 aliphatic carbocycles. The molecule has 0 radical (unpaired) electrons. The normalized spacial score (nSPS) is 10.1. The molecule has 2 rings (SSSR count). The summed E-state index contributed by atoms with van der Waals surface area (Å²) in [6, 6.07) is 7.74. The Morgan fingerprint density at radius 2 is 1.94 bits per heavy atom. The molecule has 18 heavy (non-hydrogen) atoms. The zero-order valence-corrected chi connectivity index (χ0v) is 11.2. The fourth-order valence-corrected chi connectivity index (χ4v) is 2.30. The Kier molecular flexibility index (Phi) is 3.17. The van der Waals surface area contributed by atoms with Gasteiger partial charge in [0.2, 0.25) is 5.95 Å². The van der Waals surface area contributed by atoms with Crippen molar-refractivity contribution in [3.8, 4) is 17.3 Å². The van der Waals surface area contributed by atoms with Gasteiger partial charge in [0, 0.05) is 10.0 Å². The molecular formula is C12H10BrN5. The summed E-state index contributed by atoms with van der Waals surface area (Å²) in [5.74, 6) is 0.150. The van der Waals surface area contributed by atoms with Gasteiger partial charge in [-0.15, -0.1) is 0 Å². The SMILES string of the molecule is Cc1cc(Br)cc(-c2nc(N)nc(N)c2C#N)c1. The molecule has 0 bridgehead atoms. The van der Waals surface area contributed by atoms with Gasteiger partial charge in [0.05, 0.1) is 5.69 Å². The molecule has 4 N–H and O–H groups in total. The summed E-state index contributed by atoms with van der Waals surface area (Å²) in [6.45, 7) is 1.95. The van der Waals surface area contributed by atoms with Crippen LogP contribution in [0.1, 0.15) is 11.1 Å². The Morgan fingerprint density at radius 3 is 2.56 bits per heavy atom. The second-order valence-electron chi connectivity index (χ2n) is 3.82. The fourth-order valence-electron chi connectivity index (χ4n) is 1.69. The Balaban J connectivity index is 2.74. The van der Waals surface area contributed by atoms with Crippen molar-refractivity contribution in [2.24, 2.45) is 0 Å². The topological polar surface area (TPSA) is 102 Å². The standard InChI is InChI=1S/C12H10BrN5/c1-6-2-7(4-8(13)3-6)10-9(5-14)11(15)18-12(16)17-10/h2-4H,1H3,(H4,15,16,17,18).